The van der Waals surface area contributed by atoms with Crippen molar-refractivity contribution in [1.29, 1.82) is 0 Å². The van der Waals surface area contributed by atoms with Crippen molar-refractivity contribution in [2.24, 2.45) is 0 Å². The summed E-state index contributed by atoms with van der Waals surface area (Å²) < 4.78 is 46.3. The van der Waals surface area contributed by atoms with Crippen molar-refractivity contribution >= 4 is 33.4 Å². The molecule has 0 spiro atoms. The number of nitrogens with one attached hydrogen (secondary N) is 1. The van der Waals surface area contributed by atoms with E-state index >= 15 is 0 Å². The summed E-state index contributed by atoms with van der Waals surface area (Å²) in [6, 6.07) is 10.00. The van der Waals surface area contributed by atoms with Gasteiger partial charge >= 0.3 is 16.1 Å². The molecule has 1 atom stereocenters. The molecule has 0 aliphatic carbocycles. The summed E-state index contributed by atoms with van der Waals surface area (Å²) >= 11 is 5.79. The average Bonchev–Trinajstić information content (AvgIpc) is 3.18. The molecule has 1 unspecified atom stereocenters. The molecule has 30 heavy (non-hydrogen) atoms. The van der Waals surface area contributed by atoms with E-state index < -0.39 is 15.9 Å². The molecule has 1 fully saturated rings. The van der Waals surface area contributed by atoms with E-state index in [1.807, 2.05) is 0 Å². The third-order valence-corrected chi connectivity index (χ3v) is 5.24. The summed E-state index contributed by atoms with van der Waals surface area (Å²) in [4.78, 5) is 14.5. The summed E-state index contributed by atoms with van der Waals surface area (Å²) in [6.45, 7) is 1.30. The van der Waals surface area contributed by atoms with Crippen LogP contribution in [0.15, 0.2) is 42.5 Å². The Kier molecular flexibility index (Phi) is 7.17. The molecule has 1 aliphatic rings. The summed E-state index contributed by atoms with van der Waals surface area (Å²) in [6.07, 6.45) is 2.69. The van der Waals surface area contributed by atoms with Crippen LogP contribution in [-0.2, 0) is 21.4 Å². The molecule has 1 N–H and O–H groups in total. The van der Waals surface area contributed by atoms with Crippen LogP contribution in [-0.4, -0.2) is 44.9 Å². The topological polar surface area (TPSA) is 84.9 Å². The van der Waals surface area contributed by atoms with E-state index in [2.05, 4.69) is 5.32 Å². The van der Waals surface area contributed by atoms with Gasteiger partial charge in [0.2, 0.25) is 0 Å². The fraction of sp³-hybridized carbons (Fsp3) is 0.350. The number of hydrogen-bond acceptors (Lipinski definition) is 5. The van der Waals surface area contributed by atoms with Gasteiger partial charge in [-0.05, 0) is 48.7 Å². The van der Waals surface area contributed by atoms with Gasteiger partial charge in [-0.25, -0.2) is 9.18 Å². The van der Waals surface area contributed by atoms with Crippen molar-refractivity contribution in [2.45, 2.75) is 25.5 Å². The Morgan fingerprint density at radius 2 is 2.03 bits per heavy atom. The van der Waals surface area contributed by atoms with Crippen molar-refractivity contribution in [3.8, 4) is 5.75 Å². The van der Waals surface area contributed by atoms with E-state index in [0.717, 1.165) is 24.7 Å². The minimum atomic E-state index is -3.61. The monoisotopic (exact) mass is 456 g/mol. The lowest BCUT2D eigenvalue weighted by Gasteiger charge is -2.26. The normalized spacial score (nSPS) is 16.3. The summed E-state index contributed by atoms with van der Waals surface area (Å²) in [5, 5.41) is 2.64. The number of ether oxygens (including phenoxy) is 1. The molecule has 2 aromatic rings. The number of anilines is 1. The molecule has 1 aliphatic heterocycles. The molecule has 2 aromatic carbocycles. The van der Waals surface area contributed by atoms with E-state index in [0.29, 0.717) is 18.8 Å². The molecular formula is C20H22ClFN2O5S. The second kappa shape index (κ2) is 9.63. The van der Waals surface area contributed by atoms with Gasteiger partial charge in [0.1, 0.15) is 11.6 Å². The van der Waals surface area contributed by atoms with E-state index in [9.17, 15) is 17.6 Å². The van der Waals surface area contributed by atoms with Crippen LogP contribution >= 0.6 is 11.6 Å². The Bertz CT molecular complexity index is 995. The molecule has 0 saturated carbocycles. The number of carbonyl (C=O) groups excluding carboxylic acids is 1. The molecular weight excluding hydrogens is 435 g/mol. The number of hydrogen-bond donors (Lipinski definition) is 1. The highest BCUT2D eigenvalue weighted by Gasteiger charge is 2.23. The number of urea groups is 1. The lowest BCUT2D eigenvalue weighted by atomic mass is 10.2. The zero-order chi connectivity index (χ0) is 21.7. The quantitative estimate of drug-likeness (QED) is 0.636. The number of rotatable bonds is 7. The van der Waals surface area contributed by atoms with Gasteiger partial charge in [-0.2, -0.15) is 8.42 Å². The van der Waals surface area contributed by atoms with Crippen LogP contribution in [0.25, 0.3) is 0 Å². The van der Waals surface area contributed by atoms with Gasteiger partial charge in [-0.1, -0.05) is 23.7 Å². The van der Waals surface area contributed by atoms with E-state index in [1.165, 1.54) is 30.3 Å². The third-order valence-electron chi connectivity index (χ3n) is 4.45. The van der Waals surface area contributed by atoms with E-state index in [-0.39, 0.29) is 29.5 Å². The Morgan fingerprint density at radius 1 is 1.30 bits per heavy atom. The zero-order valence-electron chi connectivity index (χ0n) is 16.3. The van der Waals surface area contributed by atoms with Gasteiger partial charge in [0.15, 0.2) is 0 Å². The van der Waals surface area contributed by atoms with Crippen LogP contribution in [0.4, 0.5) is 14.9 Å². The minimum absolute atomic E-state index is 0.0691. The Hall–Kier alpha value is -2.36. The molecule has 0 radical (unpaired) electrons. The first kappa shape index (κ1) is 22.3. The number of amides is 2. The average molecular weight is 457 g/mol. The smallest absolute Gasteiger partial charge is 0.322 e. The van der Waals surface area contributed by atoms with Crippen LogP contribution < -0.4 is 9.50 Å². The fourth-order valence-electron chi connectivity index (χ4n) is 3.08. The van der Waals surface area contributed by atoms with Crippen LogP contribution in [0.1, 0.15) is 18.4 Å². The van der Waals surface area contributed by atoms with Gasteiger partial charge in [0.05, 0.1) is 17.4 Å². The zero-order valence-corrected chi connectivity index (χ0v) is 17.9. The molecule has 7 nitrogen and oxygen atoms in total. The van der Waals surface area contributed by atoms with Crippen LogP contribution in [0.2, 0.25) is 5.02 Å². The maximum absolute atomic E-state index is 13.4. The highest BCUT2D eigenvalue weighted by atomic mass is 35.5. The number of halogens is 2. The van der Waals surface area contributed by atoms with Gasteiger partial charge in [0, 0.05) is 25.4 Å². The maximum Gasteiger partial charge on any atom is 0.322 e. The predicted molar refractivity (Wildman–Crippen MR) is 112 cm³/mol. The predicted octanol–water partition coefficient (Wildman–Crippen LogP) is 4.03. The Labute approximate surface area is 179 Å². The fourth-order valence-corrected chi connectivity index (χ4v) is 3.72. The molecule has 162 valence electrons. The third kappa shape index (κ3) is 6.58. The number of benzene rings is 2. The maximum atomic E-state index is 13.4. The van der Waals surface area contributed by atoms with Crippen LogP contribution in [0, 0.1) is 5.82 Å². The minimum Gasteiger partial charge on any atom is -0.383 e. The Balaban J connectivity index is 1.72. The van der Waals surface area contributed by atoms with E-state index in [1.54, 1.807) is 17.0 Å². The van der Waals surface area contributed by atoms with Crippen molar-refractivity contribution in [1.82, 2.24) is 4.90 Å². The van der Waals surface area contributed by atoms with Gasteiger partial charge in [0.25, 0.3) is 0 Å². The molecule has 2 amide bonds. The van der Waals surface area contributed by atoms with Gasteiger partial charge in [-0.15, -0.1) is 0 Å². The highest BCUT2D eigenvalue weighted by Crippen LogP contribution is 2.22. The van der Waals surface area contributed by atoms with Crippen molar-refractivity contribution in [3.05, 3.63) is 58.9 Å². The first-order chi connectivity index (χ1) is 14.2. The van der Waals surface area contributed by atoms with Gasteiger partial charge < -0.3 is 19.1 Å². The Morgan fingerprint density at radius 3 is 2.63 bits per heavy atom. The van der Waals surface area contributed by atoms with Crippen molar-refractivity contribution in [3.63, 3.8) is 0 Å². The van der Waals surface area contributed by atoms with E-state index in [4.69, 9.17) is 20.5 Å². The molecule has 0 aromatic heterocycles. The highest BCUT2D eigenvalue weighted by molar-refractivity contribution is 7.86. The number of nitrogens with zero attached hydrogens (tertiary/aromatic N) is 1. The molecule has 0 bridgehead atoms. The standard InChI is InChI=1S/C20H22ClFN2O5S/c1-30(26,27)29-16-7-4-14(5-8-16)12-24(13-17-3-2-10-28-17)20(25)23-15-6-9-19(22)18(21)11-15/h4-9,11,17H,2-3,10,12-13H2,1H3,(H,23,25). The summed E-state index contributed by atoms with van der Waals surface area (Å²) in [5.41, 5.74) is 1.15. The van der Waals surface area contributed by atoms with Crippen molar-refractivity contribution in [2.75, 3.05) is 24.7 Å². The molecule has 1 heterocycles. The largest absolute Gasteiger partial charge is 0.383 e. The summed E-state index contributed by atoms with van der Waals surface area (Å²) in [5.74, 6) is -0.375. The van der Waals surface area contributed by atoms with Crippen molar-refractivity contribution < 1.29 is 26.5 Å². The lowest BCUT2D eigenvalue weighted by Crippen LogP contribution is -2.39. The summed E-state index contributed by atoms with van der Waals surface area (Å²) in [7, 11) is -3.61. The molecule has 1 saturated heterocycles. The first-order valence-corrected chi connectivity index (χ1v) is 11.5. The second-order valence-corrected chi connectivity index (χ2v) is 8.99. The first-order valence-electron chi connectivity index (χ1n) is 9.30. The molecule has 10 heteroatoms. The number of carbonyl (C=O) groups is 1. The second-order valence-electron chi connectivity index (χ2n) is 7.01. The molecule has 3 rings (SSSR count). The van der Waals surface area contributed by atoms with Crippen LogP contribution in [0.3, 0.4) is 0 Å². The van der Waals surface area contributed by atoms with Crippen LogP contribution in [0.5, 0.6) is 5.75 Å². The van der Waals surface area contributed by atoms with Gasteiger partial charge in [-0.3, -0.25) is 0 Å². The lowest BCUT2D eigenvalue weighted by molar-refractivity contribution is 0.0819. The SMILES string of the molecule is CS(=O)(=O)Oc1ccc(CN(CC2CCCO2)C(=O)Nc2ccc(F)c(Cl)c2)cc1.